The van der Waals surface area contributed by atoms with Crippen LogP contribution in [0.15, 0.2) is 48.5 Å². The maximum atomic E-state index is 12.6. The maximum absolute atomic E-state index is 12.6. The molecule has 27 heavy (non-hydrogen) atoms. The molecule has 4 rings (SSSR count). The van der Waals surface area contributed by atoms with Crippen LogP contribution in [0, 0.1) is 0 Å². The van der Waals surface area contributed by atoms with Gasteiger partial charge in [-0.25, -0.2) is 4.79 Å². The number of hydrogen-bond acceptors (Lipinski definition) is 4. The van der Waals surface area contributed by atoms with Crippen LogP contribution in [0.2, 0.25) is 0 Å². The van der Waals surface area contributed by atoms with E-state index in [1.165, 1.54) is 5.69 Å². The SMILES string of the molecule is CN(Cc1ccc2c(c1)OCCO2)C(=O)NC1CCN(c2ccccc2)C1. The number of nitrogens with one attached hydrogen (secondary N) is 1. The van der Waals surface area contributed by atoms with Crippen LogP contribution in [0.3, 0.4) is 0 Å². The number of benzene rings is 2. The number of carbonyl (C=O) groups is 1. The van der Waals surface area contributed by atoms with Crippen molar-refractivity contribution in [1.82, 2.24) is 10.2 Å². The molecule has 1 atom stereocenters. The quantitative estimate of drug-likeness (QED) is 0.903. The fourth-order valence-corrected chi connectivity index (χ4v) is 3.57. The second kappa shape index (κ2) is 7.78. The lowest BCUT2D eigenvalue weighted by Gasteiger charge is -2.23. The third-order valence-corrected chi connectivity index (χ3v) is 5.01. The van der Waals surface area contributed by atoms with Crippen molar-refractivity contribution >= 4 is 11.7 Å². The predicted octanol–water partition coefficient (Wildman–Crippen LogP) is 2.88. The van der Waals surface area contributed by atoms with Crippen molar-refractivity contribution in [1.29, 1.82) is 0 Å². The molecule has 0 bridgehead atoms. The molecule has 0 radical (unpaired) electrons. The summed E-state index contributed by atoms with van der Waals surface area (Å²) in [5, 5.41) is 3.15. The van der Waals surface area contributed by atoms with Crippen molar-refractivity contribution in [3.63, 3.8) is 0 Å². The average molecular weight is 367 g/mol. The van der Waals surface area contributed by atoms with Crippen LogP contribution in [0.5, 0.6) is 11.5 Å². The van der Waals surface area contributed by atoms with Crippen LogP contribution >= 0.6 is 0 Å². The highest BCUT2D eigenvalue weighted by molar-refractivity contribution is 5.74. The lowest BCUT2D eigenvalue weighted by Crippen LogP contribution is -2.44. The summed E-state index contributed by atoms with van der Waals surface area (Å²) in [5.74, 6) is 1.52. The lowest BCUT2D eigenvalue weighted by atomic mass is 10.2. The summed E-state index contributed by atoms with van der Waals surface area (Å²) < 4.78 is 11.2. The molecule has 0 aromatic heterocycles. The van der Waals surface area contributed by atoms with Gasteiger partial charge < -0.3 is 24.6 Å². The largest absolute Gasteiger partial charge is 0.486 e. The summed E-state index contributed by atoms with van der Waals surface area (Å²) in [5.41, 5.74) is 2.23. The van der Waals surface area contributed by atoms with E-state index < -0.39 is 0 Å². The smallest absolute Gasteiger partial charge is 0.317 e. The molecular formula is C21H25N3O3. The molecule has 0 aliphatic carbocycles. The number of urea groups is 1. The first kappa shape index (κ1) is 17.5. The third kappa shape index (κ3) is 4.10. The van der Waals surface area contributed by atoms with Crippen LogP contribution in [0.25, 0.3) is 0 Å². The summed E-state index contributed by atoms with van der Waals surface area (Å²) in [6.45, 7) is 3.47. The minimum Gasteiger partial charge on any atom is -0.486 e. The standard InChI is InChI=1S/C21H25N3O3/c1-23(14-16-7-8-19-20(13-16)27-12-11-26-19)21(25)22-17-9-10-24(15-17)18-5-3-2-4-6-18/h2-8,13,17H,9-12,14-15H2,1H3,(H,22,25). The van der Waals surface area contributed by atoms with Gasteiger partial charge in [-0.2, -0.15) is 0 Å². The first-order valence-corrected chi connectivity index (χ1v) is 9.39. The summed E-state index contributed by atoms with van der Waals surface area (Å²) >= 11 is 0. The Morgan fingerprint density at radius 1 is 1.15 bits per heavy atom. The highest BCUT2D eigenvalue weighted by Crippen LogP contribution is 2.31. The van der Waals surface area contributed by atoms with E-state index in [-0.39, 0.29) is 12.1 Å². The van der Waals surface area contributed by atoms with Gasteiger partial charge in [0, 0.05) is 38.4 Å². The van der Waals surface area contributed by atoms with E-state index in [9.17, 15) is 4.79 Å². The zero-order chi connectivity index (χ0) is 18.6. The number of anilines is 1. The van der Waals surface area contributed by atoms with E-state index in [1.54, 1.807) is 4.90 Å². The molecule has 1 fully saturated rings. The Balaban J connectivity index is 1.31. The van der Waals surface area contributed by atoms with E-state index in [4.69, 9.17) is 9.47 Å². The molecule has 2 heterocycles. The molecule has 1 N–H and O–H groups in total. The number of ether oxygens (including phenoxy) is 2. The molecule has 0 saturated carbocycles. The van der Waals surface area contributed by atoms with Crippen molar-refractivity contribution in [2.24, 2.45) is 0 Å². The van der Waals surface area contributed by atoms with E-state index in [2.05, 4.69) is 22.3 Å². The Kier molecular flexibility index (Phi) is 5.05. The summed E-state index contributed by atoms with van der Waals surface area (Å²) in [4.78, 5) is 16.6. The van der Waals surface area contributed by atoms with Crippen molar-refractivity contribution in [2.75, 3.05) is 38.3 Å². The van der Waals surface area contributed by atoms with E-state index in [1.807, 2.05) is 43.4 Å². The highest BCUT2D eigenvalue weighted by atomic mass is 16.6. The predicted molar refractivity (Wildman–Crippen MR) is 104 cm³/mol. The topological polar surface area (TPSA) is 54.0 Å². The van der Waals surface area contributed by atoms with Crippen molar-refractivity contribution in [3.05, 3.63) is 54.1 Å². The Labute approximate surface area is 159 Å². The first-order chi connectivity index (χ1) is 13.2. The molecule has 2 amide bonds. The van der Waals surface area contributed by atoms with Crippen LogP contribution in [0.1, 0.15) is 12.0 Å². The van der Waals surface area contributed by atoms with Gasteiger partial charge in [-0.15, -0.1) is 0 Å². The number of hydrogen-bond donors (Lipinski definition) is 1. The van der Waals surface area contributed by atoms with E-state index >= 15 is 0 Å². The van der Waals surface area contributed by atoms with Gasteiger partial charge in [-0.1, -0.05) is 24.3 Å². The van der Waals surface area contributed by atoms with Crippen molar-refractivity contribution in [2.45, 2.75) is 19.0 Å². The lowest BCUT2D eigenvalue weighted by molar-refractivity contribution is 0.171. The van der Waals surface area contributed by atoms with Crippen molar-refractivity contribution in [3.8, 4) is 11.5 Å². The summed E-state index contributed by atoms with van der Waals surface area (Å²) in [7, 11) is 1.82. The number of carbonyl (C=O) groups excluding carboxylic acids is 1. The van der Waals surface area contributed by atoms with Gasteiger partial charge in [0.2, 0.25) is 0 Å². The summed E-state index contributed by atoms with van der Waals surface area (Å²) in [6, 6.07) is 16.3. The fraction of sp³-hybridized carbons (Fsp3) is 0.381. The number of nitrogens with zero attached hydrogens (tertiary/aromatic N) is 2. The van der Waals surface area contributed by atoms with Crippen molar-refractivity contribution < 1.29 is 14.3 Å². The molecule has 2 aromatic carbocycles. The second-order valence-electron chi connectivity index (χ2n) is 7.05. The van der Waals surface area contributed by atoms with Gasteiger partial charge in [0.15, 0.2) is 11.5 Å². The van der Waals surface area contributed by atoms with Gasteiger partial charge in [-0.05, 0) is 36.2 Å². The monoisotopic (exact) mass is 367 g/mol. The zero-order valence-electron chi connectivity index (χ0n) is 15.6. The molecule has 6 heteroatoms. The number of rotatable bonds is 4. The molecule has 1 saturated heterocycles. The van der Waals surface area contributed by atoms with Gasteiger partial charge >= 0.3 is 6.03 Å². The average Bonchev–Trinajstić information content (AvgIpc) is 3.17. The maximum Gasteiger partial charge on any atom is 0.317 e. The number of fused-ring (bicyclic) bond motifs is 1. The van der Waals surface area contributed by atoms with Crippen LogP contribution in [-0.4, -0.2) is 50.3 Å². The Morgan fingerprint density at radius 3 is 2.74 bits per heavy atom. The van der Waals surface area contributed by atoms with Gasteiger partial charge in [0.1, 0.15) is 13.2 Å². The van der Waals surface area contributed by atoms with E-state index in [0.717, 1.165) is 36.6 Å². The Hall–Kier alpha value is -2.89. The van der Waals surface area contributed by atoms with Gasteiger partial charge in [-0.3, -0.25) is 0 Å². The highest BCUT2D eigenvalue weighted by Gasteiger charge is 2.25. The Morgan fingerprint density at radius 2 is 1.93 bits per heavy atom. The zero-order valence-corrected chi connectivity index (χ0v) is 15.6. The molecule has 1 unspecified atom stereocenters. The minimum atomic E-state index is -0.0511. The number of amides is 2. The molecule has 2 aliphatic heterocycles. The molecule has 2 aromatic rings. The van der Waals surface area contributed by atoms with E-state index in [0.29, 0.717) is 19.8 Å². The molecule has 2 aliphatic rings. The van der Waals surface area contributed by atoms with Crippen LogP contribution < -0.4 is 19.7 Å². The third-order valence-electron chi connectivity index (χ3n) is 5.01. The number of para-hydroxylation sites is 1. The molecule has 0 spiro atoms. The molecular weight excluding hydrogens is 342 g/mol. The van der Waals surface area contributed by atoms with Gasteiger partial charge in [0.25, 0.3) is 0 Å². The molecule has 6 nitrogen and oxygen atoms in total. The normalized spacial score (nSPS) is 18.3. The minimum absolute atomic E-state index is 0.0511. The second-order valence-corrected chi connectivity index (χ2v) is 7.05. The summed E-state index contributed by atoms with van der Waals surface area (Å²) in [6.07, 6.45) is 0.957. The fourth-order valence-electron chi connectivity index (χ4n) is 3.57. The molecule has 142 valence electrons. The van der Waals surface area contributed by atoms with Crippen LogP contribution in [-0.2, 0) is 6.54 Å². The van der Waals surface area contributed by atoms with Gasteiger partial charge in [0.05, 0.1) is 0 Å². The Bertz CT molecular complexity index is 797. The van der Waals surface area contributed by atoms with Crippen LogP contribution in [0.4, 0.5) is 10.5 Å². The first-order valence-electron chi connectivity index (χ1n) is 9.39.